The van der Waals surface area contributed by atoms with E-state index in [2.05, 4.69) is 15.3 Å². The number of carbonyl (C=O) groups excluding carboxylic acids is 1. The number of para-hydroxylation sites is 2. The molecule has 1 heterocycles. The van der Waals surface area contributed by atoms with Crippen LogP contribution in [0.4, 0.5) is 5.69 Å². The summed E-state index contributed by atoms with van der Waals surface area (Å²) in [6.45, 7) is 1.58. The fourth-order valence-corrected chi connectivity index (χ4v) is 3.96. The van der Waals surface area contributed by atoms with Crippen LogP contribution < -0.4 is 5.32 Å². The highest BCUT2D eigenvalue weighted by Crippen LogP contribution is 2.23. The Morgan fingerprint density at radius 2 is 1.79 bits per heavy atom. The van der Waals surface area contributed by atoms with Crippen LogP contribution in [0.15, 0.2) is 77.7 Å². The van der Waals surface area contributed by atoms with Gasteiger partial charge in [-0.1, -0.05) is 37.3 Å². The van der Waals surface area contributed by atoms with Gasteiger partial charge in [0.1, 0.15) is 5.82 Å². The van der Waals surface area contributed by atoms with Crippen molar-refractivity contribution in [2.45, 2.75) is 11.8 Å². The van der Waals surface area contributed by atoms with Crippen LogP contribution in [0.3, 0.4) is 0 Å². The molecule has 4 aromatic rings. The van der Waals surface area contributed by atoms with E-state index in [1.54, 1.807) is 25.1 Å². The molecule has 0 aliphatic rings. The largest absolute Gasteiger partial charge is 0.338 e. The van der Waals surface area contributed by atoms with Crippen LogP contribution in [-0.2, 0) is 9.84 Å². The summed E-state index contributed by atoms with van der Waals surface area (Å²) >= 11 is 0. The van der Waals surface area contributed by atoms with E-state index in [4.69, 9.17) is 0 Å². The summed E-state index contributed by atoms with van der Waals surface area (Å²) < 4.78 is 24.1. The highest BCUT2D eigenvalue weighted by molar-refractivity contribution is 7.91. The second kappa shape index (κ2) is 7.52. The Hall–Kier alpha value is -3.45. The Morgan fingerprint density at radius 3 is 2.59 bits per heavy atom. The Balaban J connectivity index is 1.60. The topological polar surface area (TPSA) is 91.9 Å². The SMILES string of the molecule is CCS(=O)(=O)c1cccc(C(=O)Nc2cccc(-c3nc4ccccc4[nH]3)c2)c1. The molecule has 3 aromatic carbocycles. The van der Waals surface area contributed by atoms with Crippen molar-refractivity contribution in [3.63, 3.8) is 0 Å². The first kappa shape index (κ1) is 18.9. The fraction of sp³-hybridized carbons (Fsp3) is 0.0909. The van der Waals surface area contributed by atoms with E-state index in [0.717, 1.165) is 16.6 Å². The second-order valence-corrected chi connectivity index (χ2v) is 8.85. The van der Waals surface area contributed by atoms with E-state index >= 15 is 0 Å². The van der Waals surface area contributed by atoms with Crippen molar-refractivity contribution in [2.24, 2.45) is 0 Å². The number of benzene rings is 3. The summed E-state index contributed by atoms with van der Waals surface area (Å²) in [4.78, 5) is 20.6. The highest BCUT2D eigenvalue weighted by atomic mass is 32.2. The van der Waals surface area contributed by atoms with Gasteiger partial charge in [0.05, 0.1) is 21.7 Å². The van der Waals surface area contributed by atoms with Crippen LogP contribution in [0, 0.1) is 0 Å². The first-order chi connectivity index (χ1) is 14.0. The number of aromatic nitrogens is 2. The number of imidazole rings is 1. The molecule has 1 aromatic heterocycles. The quantitative estimate of drug-likeness (QED) is 0.518. The predicted octanol–water partition coefficient (Wildman–Crippen LogP) is 4.28. The molecule has 0 atom stereocenters. The third kappa shape index (κ3) is 3.90. The molecular weight excluding hydrogens is 386 g/mol. The molecule has 0 unspecified atom stereocenters. The van der Waals surface area contributed by atoms with Crippen molar-refractivity contribution < 1.29 is 13.2 Å². The van der Waals surface area contributed by atoms with Gasteiger partial charge in [0.25, 0.3) is 5.91 Å². The smallest absolute Gasteiger partial charge is 0.255 e. The summed E-state index contributed by atoms with van der Waals surface area (Å²) in [6.07, 6.45) is 0. The highest BCUT2D eigenvalue weighted by Gasteiger charge is 2.15. The predicted molar refractivity (Wildman–Crippen MR) is 114 cm³/mol. The molecule has 29 heavy (non-hydrogen) atoms. The maximum absolute atomic E-state index is 12.6. The first-order valence-corrected chi connectivity index (χ1v) is 10.8. The first-order valence-electron chi connectivity index (χ1n) is 9.15. The van der Waals surface area contributed by atoms with E-state index in [-0.39, 0.29) is 22.1 Å². The molecule has 0 bridgehead atoms. The molecule has 0 aliphatic carbocycles. The van der Waals surface area contributed by atoms with E-state index in [0.29, 0.717) is 11.5 Å². The number of fused-ring (bicyclic) bond motifs is 1. The molecule has 6 nitrogen and oxygen atoms in total. The zero-order valence-electron chi connectivity index (χ0n) is 15.7. The van der Waals surface area contributed by atoms with Gasteiger partial charge >= 0.3 is 0 Å². The number of nitrogens with one attached hydrogen (secondary N) is 2. The Labute approximate surface area is 168 Å². The molecule has 0 radical (unpaired) electrons. The van der Waals surface area contributed by atoms with Crippen LogP contribution in [0.25, 0.3) is 22.4 Å². The van der Waals surface area contributed by atoms with Gasteiger partial charge in [-0.25, -0.2) is 13.4 Å². The van der Waals surface area contributed by atoms with Gasteiger partial charge in [-0.2, -0.15) is 0 Å². The molecule has 0 saturated carbocycles. The number of anilines is 1. The second-order valence-electron chi connectivity index (χ2n) is 6.57. The van der Waals surface area contributed by atoms with Crippen molar-refractivity contribution in [3.05, 3.63) is 78.4 Å². The van der Waals surface area contributed by atoms with Gasteiger partial charge in [0, 0.05) is 16.8 Å². The molecule has 2 N–H and O–H groups in total. The summed E-state index contributed by atoms with van der Waals surface area (Å²) in [7, 11) is -3.38. The third-order valence-corrected chi connectivity index (χ3v) is 6.35. The van der Waals surface area contributed by atoms with Gasteiger partial charge in [-0.05, 0) is 42.5 Å². The molecule has 4 rings (SSSR count). The van der Waals surface area contributed by atoms with E-state index in [9.17, 15) is 13.2 Å². The Kier molecular flexibility index (Phi) is 4.90. The summed E-state index contributed by atoms with van der Waals surface area (Å²) in [5.74, 6) is 0.315. The zero-order valence-corrected chi connectivity index (χ0v) is 16.5. The van der Waals surface area contributed by atoms with E-state index < -0.39 is 9.84 Å². The van der Waals surface area contributed by atoms with Gasteiger partial charge < -0.3 is 10.3 Å². The summed E-state index contributed by atoms with van der Waals surface area (Å²) in [6, 6.07) is 21.1. The summed E-state index contributed by atoms with van der Waals surface area (Å²) in [5, 5.41) is 2.82. The molecule has 7 heteroatoms. The number of nitrogens with zero attached hydrogens (tertiary/aromatic N) is 1. The number of H-pyrrole nitrogens is 1. The Morgan fingerprint density at radius 1 is 1.00 bits per heavy atom. The maximum Gasteiger partial charge on any atom is 0.255 e. The van der Waals surface area contributed by atoms with E-state index in [1.165, 1.54) is 12.1 Å². The van der Waals surface area contributed by atoms with E-state index in [1.807, 2.05) is 42.5 Å². The third-order valence-electron chi connectivity index (χ3n) is 4.62. The summed E-state index contributed by atoms with van der Waals surface area (Å²) in [5.41, 5.74) is 3.52. The monoisotopic (exact) mass is 405 g/mol. The van der Waals surface area contributed by atoms with Crippen LogP contribution in [0.5, 0.6) is 0 Å². The van der Waals surface area contributed by atoms with Crippen LogP contribution in [0.1, 0.15) is 17.3 Å². The van der Waals surface area contributed by atoms with Crippen molar-refractivity contribution >= 4 is 32.5 Å². The van der Waals surface area contributed by atoms with Crippen molar-refractivity contribution in [1.29, 1.82) is 0 Å². The molecule has 0 saturated heterocycles. The fourth-order valence-electron chi connectivity index (χ4n) is 3.03. The normalized spacial score (nSPS) is 11.5. The minimum Gasteiger partial charge on any atom is -0.338 e. The lowest BCUT2D eigenvalue weighted by molar-refractivity contribution is 0.102. The average molecular weight is 405 g/mol. The lowest BCUT2D eigenvalue weighted by atomic mass is 10.1. The van der Waals surface area contributed by atoms with Crippen LogP contribution >= 0.6 is 0 Å². The maximum atomic E-state index is 12.6. The number of rotatable bonds is 5. The van der Waals surface area contributed by atoms with Crippen molar-refractivity contribution in [1.82, 2.24) is 9.97 Å². The Bertz CT molecular complexity index is 1280. The number of carbonyl (C=O) groups is 1. The van der Waals surface area contributed by atoms with Gasteiger partial charge in [0.15, 0.2) is 9.84 Å². The minimum atomic E-state index is -3.38. The molecule has 0 spiro atoms. The molecule has 0 aliphatic heterocycles. The zero-order chi connectivity index (χ0) is 20.4. The van der Waals surface area contributed by atoms with Crippen LogP contribution in [0.2, 0.25) is 0 Å². The number of amides is 1. The van der Waals surface area contributed by atoms with Crippen LogP contribution in [-0.4, -0.2) is 30.0 Å². The standard InChI is InChI=1S/C22H19N3O3S/c1-2-29(27,28)18-10-6-8-16(14-18)22(26)23-17-9-5-7-15(13-17)21-24-19-11-3-4-12-20(19)25-21/h3-14H,2H2,1H3,(H,23,26)(H,24,25). The average Bonchev–Trinajstić information content (AvgIpc) is 3.18. The van der Waals surface area contributed by atoms with Crippen molar-refractivity contribution in [3.8, 4) is 11.4 Å². The van der Waals surface area contributed by atoms with Gasteiger partial charge in [-0.3, -0.25) is 4.79 Å². The molecule has 0 fully saturated rings. The lowest BCUT2D eigenvalue weighted by Gasteiger charge is -2.08. The van der Waals surface area contributed by atoms with Gasteiger partial charge in [0.2, 0.25) is 0 Å². The molecule has 146 valence electrons. The lowest BCUT2D eigenvalue weighted by Crippen LogP contribution is -2.13. The number of aromatic amines is 1. The molecular formula is C22H19N3O3S. The minimum absolute atomic E-state index is 0.0163. The number of hydrogen-bond donors (Lipinski definition) is 2. The van der Waals surface area contributed by atoms with Crippen molar-refractivity contribution in [2.75, 3.05) is 11.1 Å². The van der Waals surface area contributed by atoms with Gasteiger partial charge in [-0.15, -0.1) is 0 Å². The number of hydrogen-bond acceptors (Lipinski definition) is 4. The molecule has 1 amide bonds. The number of sulfone groups is 1.